The molecule has 0 radical (unpaired) electrons. The number of alkyl halides is 1. The second-order valence-electron chi connectivity index (χ2n) is 4.83. The Bertz CT molecular complexity index is 557. The second kappa shape index (κ2) is 4.74. The maximum Gasteiger partial charge on any atom is 0.160 e. The van der Waals surface area contributed by atoms with E-state index < -0.39 is 0 Å². The highest BCUT2D eigenvalue weighted by atomic mass is 35.5. The van der Waals surface area contributed by atoms with Gasteiger partial charge in [-0.05, 0) is 31.2 Å². The van der Waals surface area contributed by atoms with E-state index in [0.29, 0.717) is 10.6 Å². The van der Waals surface area contributed by atoms with Crippen molar-refractivity contribution in [2.24, 2.45) is 0 Å². The SMILES string of the molecule is CSC1(Cn2c(CCl)nc3cccnc32)CCC1. The summed E-state index contributed by atoms with van der Waals surface area (Å²) < 4.78 is 2.57. The summed E-state index contributed by atoms with van der Waals surface area (Å²) in [5.74, 6) is 1.38. The lowest BCUT2D eigenvalue weighted by Gasteiger charge is -2.40. The summed E-state index contributed by atoms with van der Waals surface area (Å²) >= 11 is 7.98. The van der Waals surface area contributed by atoms with Gasteiger partial charge in [-0.25, -0.2) is 9.97 Å². The molecule has 0 amide bonds. The van der Waals surface area contributed by atoms with Gasteiger partial charge in [0.25, 0.3) is 0 Å². The molecule has 96 valence electrons. The van der Waals surface area contributed by atoms with Gasteiger partial charge >= 0.3 is 0 Å². The zero-order chi connectivity index (χ0) is 12.6. The Morgan fingerprint density at radius 2 is 2.33 bits per heavy atom. The van der Waals surface area contributed by atoms with Crippen LogP contribution in [0.15, 0.2) is 18.3 Å². The van der Waals surface area contributed by atoms with Crippen molar-refractivity contribution < 1.29 is 0 Å². The van der Waals surface area contributed by atoms with Crippen LogP contribution in [0.5, 0.6) is 0 Å². The van der Waals surface area contributed by atoms with Gasteiger partial charge in [0.2, 0.25) is 0 Å². The van der Waals surface area contributed by atoms with Gasteiger partial charge in [0, 0.05) is 17.5 Å². The molecule has 18 heavy (non-hydrogen) atoms. The van der Waals surface area contributed by atoms with Gasteiger partial charge in [-0.2, -0.15) is 11.8 Å². The molecule has 1 fully saturated rings. The summed E-state index contributed by atoms with van der Waals surface area (Å²) in [6.45, 7) is 0.976. The molecular formula is C13H16ClN3S. The molecule has 1 saturated carbocycles. The van der Waals surface area contributed by atoms with Gasteiger partial charge in [-0.1, -0.05) is 6.42 Å². The number of aromatic nitrogens is 3. The number of imidazole rings is 1. The standard InChI is InChI=1S/C13H16ClN3S/c1-18-13(5-3-6-13)9-17-11(8-14)16-10-4-2-7-15-12(10)17/h2,4,7H,3,5-6,8-9H2,1H3. The number of pyridine rings is 1. The first-order chi connectivity index (χ1) is 8.78. The third kappa shape index (κ3) is 1.91. The molecule has 0 unspecified atom stereocenters. The van der Waals surface area contributed by atoms with E-state index in [9.17, 15) is 0 Å². The molecule has 1 aliphatic rings. The summed E-state index contributed by atoms with van der Waals surface area (Å²) in [5.41, 5.74) is 1.91. The van der Waals surface area contributed by atoms with Gasteiger partial charge in [-0.3, -0.25) is 0 Å². The zero-order valence-electron chi connectivity index (χ0n) is 10.4. The quantitative estimate of drug-likeness (QED) is 0.804. The monoisotopic (exact) mass is 281 g/mol. The van der Waals surface area contributed by atoms with E-state index >= 15 is 0 Å². The molecule has 0 atom stereocenters. The number of hydrogen-bond donors (Lipinski definition) is 0. The third-order valence-electron chi connectivity index (χ3n) is 3.85. The lowest BCUT2D eigenvalue weighted by atomic mass is 9.84. The van der Waals surface area contributed by atoms with Crippen molar-refractivity contribution in [1.29, 1.82) is 0 Å². The smallest absolute Gasteiger partial charge is 0.160 e. The molecule has 5 heteroatoms. The van der Waals surface area contributed by atoms with Crippen molar-refractivity contribution in [3.8, 4) is 0 Å². The molecule has 2 heterocycles. The molecule has 0 aliphatic heterocycles. The Labute approximate surface area is 116 Å². The number of hydrogen-bond acceptors (Lipinski definition) is 3. The minimum absolute atomic E-state index is 0.367. The maximum absolute atomic E-state index is 6.02. The van der Waals surface area contributed by atoms with Crippen LogP contribution in [0, 0.1) is 0 Å². The Hall–Kier alpha value is -0.740. The summed E-state index contributed by atoms with van der Waals surface area (Å²) in [5, 5.41) is 0. The van der Waals surface area contributed by atoms with E-state index in [4.69, 9.17) is 11.6 Å². The van der Waals surface area contributed by atoms with Crippen molar-refractivity contribution in [1.82, 2.24) is 14.5 Å². The molecule has 0 aromatic carbocycles. The fourth-order valence-electron chi connectivity index (χ4n) is 2.56. The first-order valence-electron chi connectivity index (χ1n) is 6.19. The van der Waals surface area contributed by atoms with E-state index in [1.54, 1.807) is 0 Å². The van der Waals surface area contributed by atoms with E-state index in [1.807, 2.05) is 30.1 Å². The van der Waals surface area contributed by atoms with Crippen LogP contribution in [0.25, 0.3) is 11.2 Å². The number of rotatable bonds is 4. The van der Waals surface area contributed by atoms with Crippen LogP contribution < -0.4 is 0 Å². The lowest BCUT2D eigenvalue weighted by molar-refractivity contribution is 0.322. The second-order valence-corrected chi connectivity index (χ2v) is 6.38. The summed E-state index contributed by atoms with van der Waals surface area (Å²) in [6, 6.07) is 3.92. The van der Waals surface area contributed by atoms with Crippen LogP contribution in [0.3, 0.4) is 0 Å². The fraction of sp³-hybridized carbons (Fsp3) is 0.538. The predicted molar refractivity (Wildman–Crippen MR) is 77.2 cm³/mol. The van der Waals surface area contributed by atoms with Gasteiger partial charge in [0.05, 0.1) is 5.88 Å². The average Bonchev–Trinajstić information content (AvgIpc) is 2.71. The van der Waals surface area contributed by atoms with Crippen LogP contribution in [0.2, 0.25) is 0 Å². The van der Waals surface area contributed by atoms with Gasteiger partial charge in [0.15, 0.2) is 5.65 Å². The van der Waals surface area contributed by atoms with Crippen LogP contribution in [0.1, 0.15) is 25.1 Å². The van der Waals surface area contributed by atoms with E-state index in [-0.39, 0.29) is 0 Å². The van der Waals surface area contributed by atoms with Crippen LogP contribution in [-0.4, -0.2) is 25.5 Å². The van der Waals surface area contributed by atoms with Crippen molar-refractivity contribution >= 4 is 34.5 Å². The molecule has 3 nitrogen and oxygen atoms in total. The van der Waals surface area contributed by atoms with Crippen LogP contribution in [-0.2, 0) is 12.4 Å². The molecule has 0 saturated heterocycles. The van der Waals surface area contributed by atoms with Gasteiger partial charge in [0.1, 0.15) is 11.3 Å². The number of halogens is 1. The summed E-state index contributed by atoms with van der Waals surface area (Å²) in [7, 11) is 0. The normalized spacial score (nSPS) is 17.9. The molecule has 0 N–H and O–H groups in total. The highest BCUT2D eigenvalue weighted by Gasteiger charge is 2.37. The van der Waals surface area contributed by atoms with Crippen molar-refractivity contribution in [2.45, 2.75) is 36.4 Å². The number of thioether (sulfide) groups is 1. The van der Waals surface area contributed by atoms with Crippen molar-refractivity contribution in [3.63, 3.8) is 0 Å². The summed E-state index contributed by atoms with van der Waals surface area (Å²) in [6.07, 6.45) is 7.92. The Morgan fingerprint density at radius 1 is 1.50 bits per heavy atom. The molecular weight excluding hydrogens is 266 g/mol. The minimum atomic E-state index is 0.367. The Morgan fingerprint density at radius 3 is 2.94 bits per heavy atom. The van der Waals surface area contributed by atoms with Crippen molar-refractivity contribution in [3.05, 3.63) is 24.2 Å². The molecule has 0 bridgehead atoms. The minimum Gasteiger partial charge on any atom is -0.310 e. The highest BCUT2D eigenvalue weighted by Crippen LogP contribution is 2.44. The lowest BCUT2D eigenvalue weighted by Crippen LogP contribution is -2.38. The summed E-state index contributed by atoms with van der Waals surface area (Å²) in [4.78, 5) is 9.03. The van der Waals surface area contributed by atoms with Gasteiger partial charge in [-0.15, -0.1) is 11.6 Å². The first kappa shape index (κ1) is 12.3. The van der Waals surface area contributed by atoms with E-state index in [1.165, 1.54) is 19.3 Å². The molecule has 1 aliphatic carbocycles. The fourth-order valence-corrected chi connectivity index (χ4v) is 3.72. The van der Waals surface area contributed by atoms with E-state index in [0.717, 1.165) is 23.5 Å². The van der Waals surface area contributed by atoms with E-state index in [2.05, 4.69) is 20.8 Å². The largest absolute Gasteiger partial charge is 0.310 e. The number of fused-ring (bicyclic) bond motifs is 1. The molecule has 0 spiro atoms. The number of nitrogens with zero attached hydrogens (tertiary/aromatic N) is 3. The zero-order valence-corrected chi connectivity index (χ0v) is 12.0. The van der Waals surface area contributed by atoms with Crippen LogP contribution in [0.4, 0.5) is 0 Å². The Balaban J connectivity index is 2.04. The molecule has 2 aromatic rings. The maximum atomic E-state index is 6.02. The molecule has 2 aromatic heterocycles. The Kier molecular flexibility index (Phi) is 3.24. The van der Waals surface area contributed by atoms with Crippen molar-refractivity contribution in [2.75, 3.05) is 6.26 Å². The predicted octanol–water partition coefficient (Wildman–Crippen LogP) is 3.46. The van der Waals surface area contributed by atoms with Gasteiger partial charge < -0.3 is 4.57 Å². The highest BCUT2D eigenvalue weighted by molar-refractivity contribution is 8.00. The molecule has 3 rings (SSSR count). The third-order valence-corrected chi connectivity index (χ3v) is 5.49. The average molecular weight is 282 g/mol. The first-order valence-corrected chi connectivity index (χ1v) is 7.95. The van der Waals surface area contributed by atoms with Crippen LogP contribution >= 0.6 is 23.4 Å². The topological polar surface area (TPSA) is 30.7 Å².